The average molecular weight is 180 g/mol. The van der Waals surface area contributed by atoms with E-state index in [0.29, 0.717) is 6.54 Å². The number of fused-ring (bicyclic) bond motifs is 1. The van der Waals surface area contributed by atoms with Gasteiger partial charge in [-0.25, -0.2) is 0 Å². The molecular weight excluding hydrogens is 170 g/mol. The molecule has 0 fully saturated rings. The molecule has 1 nitrogen and oxygen atoms in total. The van der Waals surface area contributed by atoms with Crippen LogP contribution in [0.2, 0.25) is 5.02 Å². The third-order valence-electron chi connectivity index (χ3n) is 2.18. The van der Waals surface area contributed by atoms with Crippen LogP contribution in [0.1, 0.15) is 11.1 Å². The van der Waals surface area contributed by atoms with Gasteiger partial charge >= 0.3 is 0 Å². The molecule has 62 valence electrons. The van der Waals surface area contributed by atoms with Crippen LogP contribution in [0.15, 0.2) is 23.8 Å². The van der Waals surface area contributed by atoms with E-state index in [4.69, 9.17) is 17.3 Å². The highest BCUT2D eigenvalue weighted by atomic mass is 35.5. The molecule has 0 atom stereocenters. The summed E-state index contributed by atoms with van der Waals surface area (Å²) >= 11 is 6.02. The predicted molar refractivity (Wildman–Crippen MR) is 52.2 cm³/mol. The van der Waals surface area contributed by atoms with Crippen molar-refractivity contribution in [3.8, 4) is 0 Å². The first-order valence-electron chi connectivity index (χ1n) is 3.98. The van der Waals surface area contributed by atoms with E-state index in [2.05, 4.69) is 12.1 Å². The molecule has 1 aliphatic rings. The van der Waals surface area contributed by atoms with Gasteiger partial charge in [0.15, 0.2) is 0 Å². The van der Waals surface area contributed by atoms with E-state index < -0.39 is 0 Å². The first-order valence-corrected chi connectivity index (χ1v) is 4.36. The molecule has 0 amide bonds. The van der Waals surface area contributed by atoms with Crippen LogP contribution in [-0.2, 0) is 6.42 Å². The van der Waals surface area contributed by atoms with Crippen LogP contribution in [0.3, 0.4) is 0 Å². The molecule has 0 aliphatic heterocycles. The summed E-state index contributed by atoms with van der Waals surface area (Å²) in [6, 6.07) is 5.97. The predicted octanol–water partition coefficient (Wildman–Crippen LogP) is 2.24. The summed E-state index contributed by atoms with van der Waals surface area (Å²) in [4.78, 5) is 0. The summed E-state index contributed by atoms with van der Waals surface area (Å²) in [5.74, 6) is 0. The number of hydrogen-bond donors (Lipinski definition) is 1. The summed E-state index contributed by atoms with van der Waals surface area (Å²) in [5.41, 5.74) is 9.26. The first-order chi connectivity index (χ1) is 5.81. The smallest absolute Gasteiger partial charge is 0.0447 e. The summed E-state index contributed by atoms with van der Waals surface area (Å²) in [6.07, 6.45) is 3.05. The van der Waals surface area contributed by atoms with E-state index >= 15 is 0 Å². The minimum atomic E-state index is 0.630. The van der Waals surface area contributed by atoms with E-state index in [1.807, 2.05) is 12.1 Å². The van der Waals surface area contributed by atoms with Crippen molar-refractivity contribution in [2.24, 2.45) is 5.73 Å². The lowest BCUT2D eigenvalue weighted by molar-refractivity contribution is 1.07. The van der Waals surface area contributed by atoms with Gasteiger partial charge in [-0.3, -0.25) is 0 Å². The van der Waals surface area contributed by atoms with Crippen LogP contribution in [0.4, 0.5) is 0 Å². The van der Waals surface area contributed by atoms with E-state index in [9.17, 15) is 0 Å². The summed E-state index contributed by atoms with van der Waals surface area (Å²) in [7, 11) is 0. The molecule has 0 saturated carbocycles. The van der Waals surface area contributed by atoms with Gasteiger partial charge in [-0.05, 0) is 23.6 Å². The van der Waals surface area contributed by atoms with E-state index in [1.165, 1.54) is 16.7 Å². The van der Waals surface area contributed by atoms with E-state index in [1.54, 1.807) is 0 Å². The van der Waals surface area contributed by atoms with Crippen molar-refractivity contribution < 1.29 is 0 Å². The molecule has 0 heterocycles. The maximum atomic E-state index is 6.02. The Morgan fingerprint density at radius 3 is 2.92 bits per heavy atom. The molecule has 0 bridgehead atoms. The van der Waals surface area contributed by atoms with Gasteiger partial charge in [0, 0.05) is 11.6 Å². The fourth-order valence-electron chi connectivity index (χ4n) is 1.53. The maximum Gasteiger partial charge on any atom is 0.0447 e. The highest BCUT2D eigenvalue weighted by molar-refractivity contribution is 6.31. The Balaban J connectivity index is 2.45. The molecule has 12 heavy (non-hydrogen) atoms. The van der Waals surface area contributed by atoms with Gasteiger partial charge in [0.2, 0.25) is 0 Å². The van der Waals surface area contributed by atoms with Crippen molar-refractivity contribution in [3.05, 3.63) is 39.9 Å². The largest absolute Gasteiger partial charge is 0.327 e. The third-order valence-corrected chi connectivity index (χ3v) is 2.53. The highest BCUT2D eigenvalue weighted by Gasteiger charge is 2.13. The van der Waals surface area contributed by atoms with Crippen molar-refractivity contribution in [1.82, 2.24) is 0 Å². The minimum absolute atomic E-state index is 0.630. The molecule has 1 aliphatic carbocycles. The van der Waals surface area contributed by atoms with Gasteiger partial charge in [-0.15, -0.1) is 0 Å². The van der Waals surface area contributed by atoms with E-state index in [0.717, 1.165) is 11.4 Å². The highest BCUT2D eigenvalue weighted by Crippen LogP contribution is 2.29. The molecule has 2 heteroatoms. The summed E-state index contributed by atoms with van der Waals surface area (Å²) < 4.78 is 0. The fourth-order valence-corrected chi connectivity index (χ4v) is 1.77. The standard InChI is InChI=1S/C10H10ClN/c11-10-3-1-2-8-4-7(6-12)5-9(8)10/h1-4H,5-6,12H2. The normalized spacial score (nSPS) is 14.3. The van der Waals surface area contributed by atoms with Crippen molar-refractivity contribution >= 4 is 17.7 Å². The van der Waals surface area contributed by atoms with Crippen molar-refractivity contribution in [2.45, 2.75) is 6.42 Å². The molecule has 2 rings (SSSR count). The average Bonchev–Trinajstić information content (AvgIpc) is 2.49. The second-order valence-electron chi connectivity index (χ2n) is 2.99. The molecule has 0 saturated heterocycles. The molecule has 1 aromatic carbocycles. The van der Waals surface area contributed by atoms with Gasteiger partial charge in [0.1, 0.15) is 0 Å². The lowest BCUT2D eigenvalue weighted by atomic mass is 10.1. The van der Waals surface area contributed by atoms with Crippen LogP contribution in [0.25, 0.3) is 6.08 Å². The monoisotopic (exact) mass is 179 g/mol. The van der Waals surface area contributed by atoms with Crippen LogP contribution in [0.5, 0.6) is 0 Å². The molecule has 0 aromatic heterocycles. The summed E-state index contributed by atoms with van der Waals surface area (Å²) in [5, 5.41) is 0.854. The van der Waals surface area contributed by atoms with Crippen LogP contribution < -0.4 is 5.73 Å². The molecule has 2 N–H and O–H groups in total. The SMILES string of the molecule is NCC1=Cc2cccc(Cl)c2C1. The topological polar surface area (TPSA) is 26.0 Å². The van der Waals surface area contributed by atoms with Crippen LogP contribution >= 0.6 is 11.6 Å². The second-order valence-corrected chi connectivity index (χ2v) is 3.40. The van der Waals surface area contributed by atoms with Crippen molar-refractivity contribution in [1.29, 1.82) is 0 Å². The zero-order chi connectivity index (χ0) is 8.55. The molecule has 0 unspecified atom stereocenters. The van der Waals surface area contributed by atoms with E-state index in [-0.39, 0.29) is 0 Å². The Labute approximate surface area is 76.8 Å². The zero-order valence-electron chi connectivity index (χ0n) is 6.68. The van der Waals surface area contributed by atoms with Gasteiger partial charge in [-0.1, -0.05) is 35.4 Å². The molecule has 0 radical (unpaired) electrons. The number of nitrogens with two attached hydrogens (primary N) is 1. The Bertz CT molecular complexity index is 342. The van der Waals surface area contributed by atoms with Gasteiger partial charge in [0.05, 0.1) is 0 Å². The third kappa shape index (κ3) is 1.15. The first kappa shape index (κ1) is 7.84. The van der Waals surface area contributed by atoms with Crippen molar-refractivity contribution in [2.75, 3.05) is 6.54 Å². The molecule has 1 aromatic rings. The second kappa shape index (κ2) is 2.92. The lowest BCUT2D eigenvalue weighted by Gasteiger charge is -2.00. The Morgan fingerprint density at radius 1 is 1.42 bits per heavy atom. The Kier molecular flexibility index (Phi) is 1.91. The quantitative estimate of drug-likeness (QED) is 0.703. The zero-order valence-corrected chi connectivity index (χ0v) is 7.43. The number of hydrogen-bond acceptors (Lipinski definition) is 1. The molecular formula is C10H10ClN. The number of benzene rings is 1. The Hall–Kier alpha value is -0.790. The minimum Gasteiger partial charge on any atom is -0.327 e. The Morgan fingerprint density at radius 2 is 2.25 bits per heavy atom. The summed E-state index contributed by atoms with van der Waals surface area (Å²) in [6.45, 7) is 0.630. The van der Waals surface area contributed by atoms with Crippen LogP contribution in [-0.4, -0.2) is 6.54 Å². The number of halogens is 1. The maximum absolute atomic E-state index is 6.02. The van der Waals surface area contributed by atoms with Gasteiger partial charge in [0.25, 0.3) is 0 Å². The van der Waals surface area contributed by atoms with Crippen LogP contribution in [0, 0.1) is 0 Å². The van der Waals surface area contributed by atoms with Gasteiger partial charge < -0.3 is 5.73 Å². The number of rotatable bonds is 1. The molecule has 0 spiro atoms. The fraction of sp³-hybridized carbons (Fsp3) is 0.200. The lowest BCUT2D eigenvalue weighted by Crippen LogP contribution is -2.02. The van der Waals surface area contributed by atoms with Gasteiger partial charge in [-0.2, -0.15) is 0 Å². The van der Waals surface area contributed by atoms with Crippen molar-refractivity contribution in [3.63, 3.8) is 0 Å².